The van der Waals surface area contributed by atoms with Gasteiger partial charge < -0.3 is 16.0 Å². The highest BCUT2D eigenvalue weighted by atomic mass is 15.3. The average Bonchev–Trinajstić information content (AvgIpc) is 3.10. The number of hydrogen-bond acceptors (Lipinski definition) is 2. The Morgan fingerprint density at radius 1 is 0.833 bits per heavy atom. The van der Waals surface area contributed by atoms with E-state index in [0.29, 0.717) is 6.42 Å². The first-order chi connectivity index (χ1) is 14.7. The van der Waals surface area contributed by atoms with E-state index in [9.17, 15) is 0 Å². The molecule has 0 amide bonds. The predicted octanol–water partition coefficient (Wildman–Crippen LogP) is 4.35. The molecule has 0 spiro atoms. The standard InChI is InChI=1S/C25H25N5/c26-25(27)29-28-17-15-22-21-13-7-8-14-23(21)30(18-16-19-9-3-1-4-10-19)24(22)20-11-5-2-6-12-20/h1-14,17H,15-16,18H2,(H4,26,27,29). The minimum atomic E-state index is -0.0418. The maximum atomic E-state index is 5.39. The van der Waals surface area contributed by atoms with Crippen LogP contribution in [0.1, 0.15) is 11.1 Å². The van der Waals surface area contributed by atoms with Crippen LogP contribution in [-0.2, 0) is 19.4 Å². The minimum absolute atomic E-state index is 0.0418. The second kappa shape index (κ2) is 9.09. The van der Waals surface area contributed by atoms with Gasteiger partial charge in [-0.15, -0.1) is 5.10 Å². The Morgan fingerprint density at radius 2 is 1.50 bits per heavy atom. The molecule has 0 bridgehead atoms. The molecule has 5 heteroatoms. The zero-order valence-corrected chi connectivity index (χ0v) is 16.8. The predicted molar refractivity (Wildman–Crippen MR) is 126 cm³/mol. The largest absolute Gasteiger partial charge is 0.369 e. The van der Waals surface area contributed by atoms with E-state index in [1.807, 2.05) is 6.07 Å². The normalized spacial score (nSPS) is 11.2. The quantitative estimate of drug-likeness (QED) is 0.277. The Balaban J connectivity index is 1.82. The Morgan fingerprint density at radius 3 is 2.23 bits per heavy atom. The molecular formula is C25H25N5. The molecule has 0 aliphatic heterocycles. The third-order valence-corrected chi connectivity index (χ3v) is 5.14. The zero-order valence-electron chi connectivity index (χ0n) is 16.8. The molecule has 3 aromatic carbocycles. The molecule has 0 saturated carbocycles. The van der Waals surface area contributed by atoms with Gasteiger partial charge in [0.2, 0.25) is 5.96 Å². The molecule has 150 valence electrons. The van der Waals surface area contributed by atoms with Crippen molar-refractivity contribution in [2.45, 2.75) is 19.4 Å². The first-order valence-electron chi connectivity index (χ1n) is 10.0. The van der Waals surface area contributed by atoms with Crippen LogP contribution in [0.4, 0.5) is 0 Å². The highest BCUT2D eigenvalue weighted by Crippen LogP contribution is 2.34. The van der Waals surface area contributed by atoms with Gasteiger partial charge in [0.15, 0.2) is 0 Å². The lowest BCUT2D eigenvalue weighted by Gasteiger charge is -2.13. The fourth-order valence-electron chi connectivity index (χ4n) is 3.87. The Bertz CT molecular complexity index is 1170. The molecule has 0 radical (unpaired) electrons. The van der Waals surface area contributed by atoms with Crippen LogP contribution in [0.5, 0.6) is 0 Å². The highest BCUT2D eigenvalue weighted by Gasteiger charge is 2.17. The Hall–Kier alpha value is -3.86. The summed E-state index contributed by atoms with van der Waals surface area (Å²) >= 11 is 0. The Kier molecular flexibility index (Phi) is 5.90. The number of nitrogens with two attached hydrogens (primary N) is 2. The lowest BCUT2D eigenvalue weighted by Crippen LogP contribution is -2.21. The van der Waals surface area contributed by atoms with Crippen LogP contribution in [-0.4, -0.2) is 16.7 Å². The topological polar surface area (TPSA) is 81.7 Å². The second-order valence-corrected chi connectivity index (χ2v) is 7.12. The van der Waals surface area contributed by atoms with Gasteiger partial charge in [0.25, 0.3) is 0 Å². The second-order valence-electron chi connectivity index (χ2n) is 7.12. The molecule has 4 rings (SSSR count). The van der Waals surface area contributed by atoms with Crippen LogP contribution < -0.4 is 11.5 Å². The van der Waals surface area contributed by atoms with Crippen LogP contribution >= 0.6 is 0 Å². The highest BCUT2D eigenvalue weighted by molar-refractivity contribution is 5.94. The van der Waals surface area contributed by atoms with E-state index in [2.05, 4.69) is 93.6 Å². The molecular weight excluding hydrogens is 370 g/mol. The number of benzene rings is 3. The van der Waals surface area contributed by atoms with E-state index < -0.39 is 0 Å². The monoisotopic (exact) mass is 395 g/mol. The summed E-state index contributed by atoms with van der Waals surface area (Å²) in [6, 6.07) is 29.6. The molecule has 4 aromatic rings. The maximum absolute atomic E-state index is 5.39. The molecule has 0 aliphatic rings. The number of aromatic nitrogens is 1. The SMILES string of the molecule is NC(N)=NN=CCc1c(-c2ccccc2)n(CCc2ccccc2)c2ccccc12. The Labute approximate surface area is 176 Å². The number of hydrogen-bond donors (Lipinski definition) is 2. The minimum Gasteiger partial charge on any atom is -0.369 e. The average molecular weight is 396 g/mol. The summed E-state index contributed by atoms with van der Waals surface area (Å²) in [5.41, 5.74) is 16.9. The van der Waals surface area contributed by atoms with Crippen molar-refractivity contribution < 1.29 is 0 Å². The van der Waals surface area contributed by atoms with Crippen molar-refractivity contribution in [3.8, 4) is 11.3 Å². The van der Waals surface area contributed by atoms with Gasteiger partial charge in [-0.25, -0.2) is 0 Å². The van der Waals surface area contributed by atoms with Crippen LogP contribution in [0.25, 0.3) is 22.2 Å². The molecule has 0 saturated heterocycles. The third-order valence-electron chi connectivity index (χ3n) is 5.14. The molecule has 30 heavy (non-hydrogen) atoms. The van der Waals surface area contributed by atoms with Crippen molar-refractivity contribution in [1.82, 2.24) is 4.57 Å². The van der Waals surface area contributed by atoms with Crippen molar-refractivity contribution in [2.24, 2.45) is 21.7 Å². The van der Waals surface area contributed by atoms with Crippen LogP contribution in [0.3, 0.4) is 0 Å². The molecule has 0 aliphatic carbocycles. The molecule has 0 unspecified atom stereocenters. The van der Waals surface area contributed by atoms with E-state index >= 15 is 0 Å². The smallest absolute Gasteiger partial charge is 0.211 e. The van der Waals surface area contributed by atoms with Gasteiger partial charge in [-0.3, -0.25) is 0 Å². The molecule has 0 atom stereocenters. The van der Waals surface area contributed by atoms with Crippen molar-refractivity contribution in [1.29, 1.82) is 0 Å². The van der Waals surface area contributed by atoms with Crippen molar-refractivity contribution in [2.75, 3.05) is 0 Å². The molecule has 5 nitrogen and oxygen atoms in total. The third kappa shape index (κ3) is 4.25. The molecule has 0 fully saturated rings. The first kappa shape index (κ1) is 19.5. The van der Waals surface area contributed by atoms with Gasteiger partial charge in [-0.05, 0) is 29.2 Å². The van der Waals surface area contributed by atoms with Crippen molar-refractivity contribution >= 4 is 23.1 Å². The van der Waals surface area contributed by atoms with Gasteiger partial charge >= 0.3 is 0 Å². The summed E-state index contributed by atoms with van der Waals surface area (Å²) in [7, 11) is 0. The fourth-order valence-corrected chi connectivity index (χ4v) is 3.87. The molecule has 4 N–H and O–H groups in total. The number of aryl methyl sites for hydroxylation is 2. The lowest BCUT2D eigenvalue weighted by atomic mass is 10.0. The van der Waals surface area contributed by atoms with Gasteiger partial charge in [0.1, 0.15) is 0 Å². The zero-order chi connectivity index (χ0) is 20.8. The van der Waals surface area contributed by atoms with E-state index in [0.717, 1.165) is 13.0 Å². The van der Waals surface area contributed by atoms with Crippen LogP contribution in [0.2, 0.25) is 0 Å². The summed E-state index contributed by atoms with van der Waals surface area (Å²) < 4.78 is 2.42. The fraction of sp³-hybridized carbons (Fsp3) is 0.120. The number of guanidine groups is 1. The summed E-state index contributed by atoms with van der Waals surface area (Å²) in [6.45, 7) is 0.889. The van der Waals surface area contributed by atoms with Crippen LogP contribution in [0, 0.1) is 0 Å². The van der Waals surface area contributed by atoms with Crippen LogP contribution in [0.15, 0.2) is 95.1 Å². The first-order valence-corrected chi connectivity index (χ1v) is 10.0. The lowest BCUT2D eigenvalue weighted by molar-refractivity contribution is 0.727. The van der Waals surface area contributed by atoms with Crippen molar-refractivity contribution in [3.05, 3.63) is 96.1 Å². The maximum Gasteiger partial charge on any atom is 0.211 e. The van der Waals surface area contributed by atoms with E-state index in [1.54, 1.807) is 6.21 Å². The summed E-state index contributed by atoms with van der Waals surface area (Å²) in [5, 5.41) is 8.98. The van der Waals surface area contributed by atoms with Crippen molar-refractivity contribution in [3.63, 3.8) is 0 Å². The molecule has 1 heterocycles. The molecule has 1 aromatic heterocycles. The number of rotatable bonds is 7. The number of fused-ring (bicyclic) bond motifs is 1. The van der Waals surface area contributed by atoms with E-state index in [-0.39, 0.29) is 5.96 Å². The van der Waals surface area contributed by atoms with Gasteiger partial charge in [0.05, 0.1) is 5.69 Å². The van der Waals surface area contributed by atoms with Gasteiger partial charge in [-0.2, -0.15) is 5.10 Å². The number of para-hydroxylation sites is 1. The van der Waals surface area contributed by atoms with E-state index in [4.69, 9.17) is 11.5 Å². The summed E-state index contributed by atoms with van der Waals surface area (Å²) in [4.78, 5) is 0. The van der Waals surface area contributed by atoms with Gasteiger partial charge in [-0.1, -0.05) is 78.9 Å². The summed E-state index contributed by atoms with van der Waals surface area (Å²) in [5.74, 6) is -0.0418. The van der Waals surface area contributed by atoms with Gasteiger partial charge in [0, 0.05) is 30.1 Å². The number of nitrogens with zero attached hydrogens (tertiary/aromatic N) is 3. The summed E-state index contributed by atoms with van der Waals surface area (Å²) in [6.07, 6.45) is 3.36. The van der Waals surface area contributed by atoms with E-state index in [1.165, 1.54) is 33.3 Å².